The molecule has 0 aliphatic rings. The predicted octanol–water partition coefficient (Wildman–Crippen LogP) is 0.367. The molecule has 0 aliphatic carbocycles. The average Bonchev–Trinajstić information content (AvgIpc) is 2.41. The van der Waals surface area contributed by atoms with E-state index in [0.29, 0.717) is 5.75 Å². The molecule has 2 N–H and O–H groups in total. The molecule has 0 radical (unpaired) electrons. The summed E-state index contributed by atoms with van der Waals surface area (Å²) >= 11 is 0. The Morgan fingerprint density at radius 3 is 2.68 bits per heavy atom. The van der Waals surface area contributed by atoms with Gasteiger partial charge >= 0.3 is 12.1 Å². The third-order valence-electron chi connectivity index (χ3n) is 2.53. The quantitative estimate of drug-likeness (QED) is 0.466. The van der Waals surface area contributed by atoms with Gasteiger partial charge in [0.15, 0.2) is 0 Å². The van der Waals surface area contributed by atoms with Crippen molar-refractivity contribution in [1.29, 1.82) is 5.41 Å². The zero-order chi connectivity index (χ0) is 14.4. The van der Waals surface area contributed by atoms with E-state index in [1.54, 1.807) is 18.2 Å². The Labute approximate surface area is 112 Å². The first-order valence-corrected chi connectivity index (χ1v) is 5.62. The van der Waals surface area contributed by atoms with Crippen molar-refractivity contribution in [2.24, 2.45) is 0 Å². The first kappa shape index (κ1) is 14.8. The van der Waals surface area contributed by atoms with Gasteiger partial charge in [0.2, 0.25) is 7.98 Å². The third-order valence-corrected chi connectivity index (χ3v) is 2.53. The van der Waals surface area contributed by atoms with E-state index in [2.05, 4.69) is 9.96 Å². The van der Waals surface area contributed by atoms with Gasteiger partial charge in [0.1, 0.15) is 11.5 Å². The van der Waals surface area contributed by atoms with Crippen LogP contribution in [0.1, 0.15) is 11.1 Å². The Hall–Kier alpha value is -2.31. The highest BCUT2D eigenvalue weighted by atomic mass is 16.5. The molecule has 7 heteroatoms. The van der Waals surface area contributed by atoms with Gasteiger partial charge < -0.3 is 14.7 Å². The van der Waals surface area contributed by atoms with Crippen molar-refractivity contribution in [3.63, 3.8) is 0 Å². The molecule has 6 nitrogen and oxygen atoms in total. The summed E-state index contributed by atoms with van der Waals surface area (Å²) < 4.78 is 9.47. The van der Waals surface area contributed by atoms with Gasteiger partial charge in [-0.15, -0.1) is 0 Å². The van der Waals surface area contributed by atoms with E-state index in [1.165, 1.54) is 15.1 Å². The molecule has 0 aliphatic heterocycles. The van der Waals surface area contributed by atoms with E-state index in [4.69, 9.17) is 10.1 Å². The van der Waals surface area contributed by atoms with Crippen molar-refractivity contribution in [3.05, 3.63) is 29.3 Å². The van der Waals surface area contributed by atoms with Gasteiger partial charge in [-0.1, -0.05) is 6.07 Å². The number of hydrogen-bond donors (Lipinski definition) is 2. The van der Waals surface area contributed by atoms with Crippen LogP contribution in [0.15, 0.2) is 18.2 Å². The van der Waals surface area contributed by atoms with E-state index in [1.807, 2.05) is 6.92 Å². The van der Waals surface area contributed by atoms with Crippen LogP contribution in [0.3, 0.4) is 0 Å². The lowest BCUT2D eigenvalue weighted by Crippen LogP contribution is -2.23. The van der Waals surface area contributed by atoms with E-state index < -0.39 is 12.1 Å². The molecule has 0 fully saturated rings. The van der Waals surface area contributed by atoms with Crippen LogP contribution >= 0.6 is 0 Å². The maximum atomic E-state index is 11.2. The lowest BCUT2D eigenvalue weighted by atomic mass is 10.0. The first-order valence-electron chi connectivity index (χ1n) is 5.62. The topological polar surface area (TPSA) is 88.5 Å². The number of esters is 1. The molecule has 0 spiro atoms. The maximum Gasteiger partial charge on any atom is 0.399 e. The summed E-state index contributed by atoms with van der Waals surface area (Å²) in [4.78, 5) is 22.3. The highest BCUT2D eigenvalue weighted by Crippen LogP contribution is 2.18. The highest BCUT2D eigenvalue weighted by molar-refractivity contribution is 6.35. The third kappa shape index (κ3) is 4.13. The molecule has 0 unspecified atom stereocenters. The van der Waals surface area contributed by atoms with Crippen LogP contribution < -0.4 is 9.96 Å². The number of nitrogens with one attached hydrogen (secondary N) is 2. The van der Waals surface area contributed by atoms with Crippen LogP contribution in [0.25, 0.3) is 0 Å². The minimum Gasteiger partial charge on any atom is -0.465 e. The molecule has 1 rings (SSSR count). The molecule has 19 heavy (non-hydrogen) atoms. The van der Waals surface area contributed by atoms with Crippen molar-refractivity contribution in [3.8, 4) is 5.75 Å². The largest absolute Gasteiger partial charge is 0.465 e. The molecule has 0 heterocycles. The summed E-state index contributed by atoms with van der Waals surface area (Å²) in [6.45, 7) is 1.85. The van der Waals surface area contributed by atoms with Crippen LogP contribution in [-0.4, -0.2) is 32.9 Å². The minimum absolute atomic E-state index is 0.128. The fourth-order valence-electron chi connectivity index (χ4n) is 1.45. The summed E-state index contributed by atoms with van der Waals surface area (Å²) in [6, 6.07) is 5.04. The second-order valence-corrected chi connectivity index (χ2v) is 3.87. The lowest BCUT2D eigenvalue weighted by molar-refractivity contribution is -0.132. The van der Waals surface area contributed by atoms with Crippen molar-refractivity contribution >= 4 is 25.8 Å². The van der Waals surface area contributed by atoms with E-state index in [-0.39, 0.29) is 12.1 Å². The Balaban J connectivity index is 2.88. The summed E-state index contributed by atoms with van der Waals surface area (Å²) in [5.74, 6) is -0.311. The molecule has 1 aromatic rings. The van der Waals surface area contributed by atoms with Crippen molar-refractivity contribution < 1.29 is 19.1 Å². The molecule has 1 aromatic carbocycles. The Morgan fingerprint density at radius 2 is 2.11 bits per heavy atom. The maximum absolute atomic E-state index is 11.2. The van der Waals surface area contributed by atoms with Gasteiger partial charge in [0.05, 0.1) is 7.11 Å². The smallest absolute Gasteiger partial charge is 0.399 e. The Kier molecular flexibility index (Phi) is 5.11. The molecular weight excluding hydrogens is 247 g/mol. The molecule has 0 saturated heterocycles. The van der Waals surface area contributed by atoms with Gasteiger partial charge in [-0.3, -0.25) is 5.41 Å². The van der Waals surface area contributed by atoms with Crippen LogP contribution in [0.2, 0.25) is 0 Å². The monoisotopic (exact) mass is 262 g/mol. The number of carbonyl (C=O) groups is 2. The average molecular weight is 262 g/mol. The first-order chi connectivity index (χ1) is 8.97. The molecule has 0 aromatic heterocycles. The fourth-order valence-corrected chi connectivity index (χ4v) is 1.45. The Morgan fingerprint density at radius 1 is 1.42 bits per heavy atom. The van der Waals surface area contributed by atoms with Gasteiger partial charge in [-0.25, -0.2) is 9.59 Å². The summed E-state index contributed by atoms with van der Waals surface area (Å²) in [5, 5.41) is 9.92. The normalized spacial score (nSPS) is 9.58. The van der Waals surface area contributed by atoms with Gasteiger partial charge in [-0.05, 0) is 30.2 Å². The zero-order valence-corrected chi connectivity index (χ0v) is 11.1. The number of amides is 1. The van der Waals surface area contributed by atoms with Crippen LogP contribution in [0, 0.1) is 12.3 Å². The second-order valence-electron chi connectivity index (χ2n) is 3.87. The fraction of sp³-hybridized carbons (Fsp3) is 0.250. The zero-order valence-electron chi connectivity index (χ0n) is 11.1. The lowest BCUT2D eigenvalue weighted by Gasteiger charge is -2.09. The summed E-state index contributed by atoms with van der Waals surface area (Å²) in [6.07, 6.45) is -0.443. The van der Waals surface area contributed by atoms with E-state index >= 15 is 0 Å². The minimum atomic E-state index is -0.669. The molecule has 0 saturated carbocycles. The number of rotatable bonds is 4. The van der Waals surface area contributed by atoms with E-state index in [9.17, 15) is 9.59 Å². The van der Waals surface area contributed by atoms with E-state index in [0.717, 1.165) is 11.1 Å². The molecular formula is C12H15BN2O4. The second kappa shape index (κ2) is 6.58. The van der Waals surface area contributed by atoms with Gasteiger partial charge in [0, 0.05) is 6.42 Å². The standard InChI is InChI=1S/C12H15BN2O4/c1-7-3-4-9(19-12(17)15-13)5-8(7)6-10(14)11(16)18-2/h3-5,14H,6,13H2,1-2H3,(H,15,17). The van der Waals surface area contributed by atoms with Crippen molar-refractivity contribution in [2.45, 2.75) is 13.3 Å². The van der Waals surface area contributed by atoms with Crippen molar-refractivity contribution in [2.75, 3.05) is 7.11 Å². The summed E-state index contributed by atoms with van der Waals surface area (Å²) in [5.41, 5.74) is 1.48. The molecule has 0 atom stereocenters. The number of ether oxygens (including phenoxy) is 2. The van der Waals surface area contributed by atoms with Gasteiger partial charge in [-0.2, -0.15) is 0 Å². The highest BCUT2D eigenvalue weighted by Gasteiger charge is 2.12. The predicted molar refractivity (Wildman–Crippen MR) is 72.3 cm³/mol. The molecule has 100 valence electrons. The number of aryl methyl sites for hydroxylation is 1. The number of hydrogen-bond acceptors (Lipinski definition) is 5. The van der Waals surface area contributed by atoms with Crippen LogP contribution in [0.5, 0.6) is 5.75 Å². The SMILES string of the molecule is BNC(=O)Oc1ccc(C)c(CC(=N)C(=O)OC)c1. The number of carbonyl (C=O) groups excluding carboxylic acids is 2. The van der Waals surface area contributed by atoms with Crippen molar-refractivity contribution in [1.82, 2.24) is 5.23 Å². The van der Waals surface area contributed by atoms with Crippen LogP contribution in [-0.2, 0) is 16.0 Å². The molecule has 1 amide bonds. The molecule has 0 bridgehead atoms. The summed E-state index contributed by atoms with van der Waals surface area (Å²) in [7, 11) is 2.69. The van der Waals surface area contributed by atoms with Gasteiger partial charge in [0.25, 0.3) is 0 Å². The Bertz CT molecular complexity index is 516. The van der Waals surface area contributed by atoms with Crippen LogP contribution in [0.4, 0.5) is 4.79 Å². The number of benzene rings is 1. The number of methoxy groups -OCH3 is 1.